The van der Waals surface area contributed by atoms with Gasteiger partial charge in [0.25, 0.3) is 5.91 Å². The Morgan fingerprint density at radius 1 is 1.08 bits per heavy atom. The van der Waals surface area contributed by atoms with Gasteiger partial charge in [0.15, 0.2) is 0 Å². The summed E-state index contributed by atoms with van der Waals surface area (Å²) < 4.78 is 1.84. The zero-order valence-corrected chi connectivity index (χ0v) is 15.1. The third-order valence-electron chi connectivity index (χ3n) is 5.67. The van der Waals surface area contributed by atoms with Crippen LogP contribution in [0, 0.1) is 6.92 Å². The fourth-order valence-corrected chi connectivity index (χ4v) is 4.34. The Balaban J connectivity index is 1.52. The second-order valence-corrected chi connectivity index (χ2v) is 7.41. The molecule has 0 N–H and O–H groups in total. The Morgan fingerprint density at radius 2 is 1.80 bits per heavy atom. The third-order valence-corrected chi connectivity index (χ3v) is 5.67. The van der Waals surface area contributed by atoms with Gasteiger partial charge in [-0.15, -0.1) is 0 Å². The number of nitrogens with zero attached hydrogens (tertiary/aromatic N) is 4. The number of carbonyl (C=O) groups is 1. The van der Waals surface area contributed by atoms with E-state index in [-0.39, 0.29) is 5.91 Å². The van der Waals surface area contributed by atoms with E-state index in [1.54, 1.807) is 0 Å². The fourth-order valence-electron chi connectivity index (χ4n) is 4.34. The Hall–Kier alpha value is -2.14. The minimum absolute atomic E-state index is 0.172. The largest absolute Gasteiger partial charge is 0.334 e. The van der Waals surface area contributed by atoms with Gasteiger partial charge in [-0.1, -0.05) is 0 Å². The summed E-state index contributed by atoms with van der Waals surface area (Å²) in [6.07, 6.45) is 8.53. The zero-order valence-electron chi connectivity index (χ0n) is 15.1. The van der Waals surface area contributed by atoms with E-state index in [0.29, 0.717) is 12.1 Å². The maximum atomic E-state index is 13.1. The molecule has 4 rings (SSSR count). The number of likely N-dealkylation sites (tertiary alicyclic amines) is 2. The van der Waals surface area contributed by atoms with E-state index in [1.165, 1.54) is 12.8 Å². The molecule has 2 fully saturated rings. The molecule has 1 aromatic carbocycles. The van der Waals surface area contributed by atoms with Crippen molar-refractivity contribution in [1.29, 1.82) is 0 Å². The lowest BCUT2D eigenvalue weighted by molar-refractivity contribution is 0.0664. The van der Waals surface area contributed by atoms with Crippen molar-refractivity contribution in [3.63, 3.8) is 0 Å². The molecule has 1 amide bonds. The molecular formula is C20H26N4O. The van der Waals surface area contributed by atoms with Gasteiger partial charge in [0.05, 0.1) is 11.9 Å². The van der Waals surface area contributed by atoms with Crippen LogP contribution >= 0.6 is 0 Å². The number of amides is 1. The quantitative estimate of drug-likeness (QED) is 0.864. The van der Waals surface area contributed by atoms with Crippen LogP contribution in [-0.2, 0) is 0 Å². The van der Waals surface area contributed by atoms with E-state index in [0.717, 1.165) is 42.7 Å². The van der Waals surface area contributed by atoms with Crippen LogP contribution < -0.4 is 0 Å². The molecular weight excluding hydrogens is 312 g/mol. The fraction of sp³-hybridized carbons (Fsp3) is 0.500. The van der Waals surface area contributed by atoms with E-state index in [2.05, 4.69) is 21.9 Å². The van der Waals surface area contributed by atoms with Crippen molar-refractivity contribution >= 4 is 5.91 Å². The minimum atomic E-state index is 0.172. The van der Waals surface area contributed by atoms with Gasteiger partial charge in [0.1, 0.15) is 0 Å². The van der Waals surface area contributed by atoms with Gasteiger partial charge < -0.3 is 9.80 Å². The molecule has 0 aliphatic carbocycles. The van der Waals surface area contributed by atoms with Crippen molar-refractivity contribution in [3.8, 4) is 5.69 Å². The van der Waals surface area contributed by atoms with E-state index < -0.39 is 0 Å². The summed E-state index contributed by atoms with van der Waals surface area (Å²) in [7, 11) is 2.19. The predicted molar refractivity (Wildman–Crippen MR) is 98.0 cm³/mol. The zero-order chi connectivity index (χ0) is 17.4. The molecule has 0 unspecified atom stereocenters. The Bertz CT molecular complexity index is 751. The molecule has 1 aromatic heterocycles. The molecule has 25 heavy (non-hydrogen) atoms. The smallest absolute Gasteiger partial charge is 0.254 e. The second-order valence-electron chi connectivity index (χ2n) is 7.41. The highest BCUT2D eigenvalue weighted by Gasteiger charge is 2.38. The molecule has 2 aliphatic heterocycles. The third kappa shape index (κ3) is 3.09. The molecule has 0 spiro atoms. The van der Waals surface area contributed by atoms with E-state index in [4.69, 9.17) is 0 Å². The highest BCUT2D eigenvalue weighted by atomic mass is 16.2. The standard InChI is InChI=1S/C20H26N4O/c1-15-13-21-24(14-15)17-9-7-16(8-10-17)20(25)23-12-4-6-19(23)18-5-3-11-22(18)2/h7-10,13-14,18-19H,3-6,11-12H2,1-2H3/t18-,19+/m1/s1. The minimum Gasteiger partial charge on any atom is -0.334 e. The molecule has 3 heterocycles. The van der Waals surface area contributed by atoms with E-state index in [9.17, 15) is 4.79 Å². The number of hydrogen-bond donors (Lipinski definition) is 0. The van der Waals surface area contributed by atoms with Crippen LogP contribution in [0.25, 0.3) is 5.69 Å². The highest BCUT2D eigenvalue weighted by molar-refractivity contribution is 5.94. The average Bonchev–Trinajstić information content (AvgIpc) is 3.35. The normalized spacial score (nSPS) is 24.2. The van der Waals surface area contributed by atoms with Gasteiger partial charge in [-0.2, -0.15) is 5.10 Å². The van der Waals surface area contributed by atoms with Crippen molar-refractivity contribution in [2.24, 2.45) is 0 Å². The number of likely N-dealkylation sites (N-methyl/N-ethyl adjacent to an activating group) is 1. The summed E-state index contributed by atoms with van der Waals surface area (Å²) >= 11 is 0. The number of aromatic nitrogens is 2. The first-order valence-electron chi connectivity index (χ1n) is 9.26. The first-order chi connectivity index (χ1) is 12.1. The summed E-state index contributed by atoms with van der Waals surface area (Å²) in [6.45, 7) is 4.06. The van der Waals surface area contributed by atoms with Crippen molar-refractivity contribution in [2.75, 3.05) is 20.1 Å². The highest BCUT2D eigenvalue weighted by Crippen LogP contribution is 2.30. The number of carbonyl (C=O) groups excluding carboxylic acids is 1. The van der Waals surface area contributed by atoms with Crippen LogP contribution in [0.4, 0.5) is 0 Å². The summed E-state index contributed by atoms with van der Waals surface area (Å²) in [5.74, 6) is 0.172. The van der Waals surface area contributed by atoms with E-state index in [1.807, 2.05) is 48.3 Å². The summed E-state index contributed by atoms with van der Waals surface area (Å²) in [5.41, 5.74) is 2.89. The molecule has 2 aliphatic rings. The van der Waals surface area contributed by atoms with Crippen molar-refractivity contribution in [1.82, 2.24) is 19.6 Å². The molecule has 132 valence electrons. The summed E-state index contributed by atoms with van der Waals surface area (Å²) in [4.78, 5) is 17.6. The molecule has 2 aromatic rings. The molecule has 5 heteroatoms. The monoisotopic (exact) mass is 338 g/mol. The maximum absolute atomic E-state index is 13.1. The van der Waals surface area contributed by atoms with Crippen LogP contribution in [0.3, 0.4) is 0 Å². The molecule has 2 atom stereocenters. The van der Waals surface area contributed by atoms with Crippen LogP contribution in [0.15, 0.2) is 36.7 Å². The second kappa shape index (κ2) is 6.64. The molecule has 2 saturated heterocycles. The Kier molecular flexibility index (Phi) is 4.34. The Labute approximate surface area is 149 Å². The van der Waals surface area contributed by atoms with Crippen LogP contribution in [0.2, 0.25) is 0 Å². The lowest BCUT2D eigenvalue weighted by Gasteiger charge is -2.33. The van der Waals surface area contributed by atoms with Crippen LogP contribution in [0.5, 0.6) is 0 Å². The van der Waals surface area contributed by atoms with Crippen molar-refractivity contribution < 1.29 is 4.79 Å². The topological polar surface area (TPSA) is 41.4 Å². The number of benzene rings is 1. The summed E-state index contributed by atoms with van der Waals surface area (Å²) in [6, 6.07) is 8.72. The van der Waals surface area contributed by atoms with Gasteiger partial charge in [-0.3, -0.25) is 4.79 Å². The van der Waals surface area contributed by atoms with Crippen LogP contribution in [0.1, 0.15) is 41.6 Å². The molecule has 0 bridgehead atoms. The lowest BCUT2D eigenvalue weighted by Crippen LogP contribution is -2.47. The summed E-state index contributed by atoms with van der Waals surface area (Å²) in [5, 5.41) is 4.33. The number of hydrogen-bond acceptors (Lipinski definition) is 3. The van der Waals surface area contributed by atoms with Crippen LogP contribution in [-0.4, -0.2) is 57.7 Å². The van der Waals surface area contributed by atoms with Crippen molar-refractivity contribution in [2.45, 2.75) is 44.7 Å². The maximum Gasteiger partial charge on any atom is 0.254 e. The molecule has 0 radical (unpaired) electrons. The number of rotatable bonds is 3. The predicted octanol–water partition coefficient (Wildman–Crippen LogP) is 2.88. The Morgan fingerprint density at radius 3 is 2.44 bits per heavy atom. The first kappa shape index (κ1) is 16.3. The van der Waals surface area contributed by atoms with Gasteiger partial charge in [0, 0.05) is 30.4 Å². The van der Waals surface area contributed by atoms with Crippen molar-refractivity contribution in [3.05, 3.63) is 47.8 Å². The molecule has 0 saturated carbocycles. The van der Waals surface area contributed by atoms with Gasteiger partial charge in [-0.05, 0) is 76.0 Å². The lowest BCUT2D eigenvalue weighted by atomic mass is 10.0. The van der Waals surface area contributed by atoms with E-state index >= 15 is 0 Å². The number of aryl methyl sites for hydroxylation is 1. The first-order valence-corrected chi connectivity index (χ1v) is 9.26. The van der Waals surface area contributed by atoms with Gasteiger partial charge in [0.2, 0.25) is 0 Å². The SMILES string of the molecule is Cc1cnn(-c2ccc(C(=O)N3CCC[C@H]3[C@H]3CCCN3C)cc2)c1. The molecule has 5 nitrogen and oxygen atoms in total. The van der Waals surface area contributed by atoms with Gasteiger partial charge in [-0.25, -0.2) is 4.68 Å². The average molecular weight is 338 g/mol. The van der Waals surface area contributed by atoms with Gasteiger partial charge >= 0.3 is 0 Å².